The van der Waals surface area contributed by atoms with Gasteiger partial charge in [0, 0.05) is 117 Å². The molecule has 4 atom stereocenters. The summed E-state index contributed by atoms with van der Waals surface area (Å²) in [4.78, 5) is 47.1. The van der Waals surface area contributed by atoms with Gasteiger partial charge in [0.15, 0.2) is 0 Å². The Balaban J connectivity index is 0.997. The Kier molecular flexibility index (Phi) is 12.2. The average molecular weight is 992 g/mol. The number of methoxy groups -OCH3 is 1. The minimum atomic E-state index is -0.981. The van der Waals surface area contributed by atoms with Gasteiger partial charge in [-0.25, -0.2) is 15.2 Å². The van der Waals surface area contributed by atoms with E-state index in [1.54, 1.807) is 23.5 Å². The van der Waals surface area contributed by atoms with Crippen LogP contribution in [0.4, 0.5) is 5.69 Å². The van der Waals surface area contributed by atoms with Gasteiger partial charge in [0.05, 0.1) is 79.2 Å². The summed E-state index contributed by atoms with van der Waals surface area (Å²) in [6.07, 6.45) is 7.98. The van der Waals surface area contributed by atoms with E-state index in [1.807, 2.05) is 6.20 Å². The summed E-state index contributed by atoms with van der Waals surface area (Å²) in [5, 5.41) is 5.63. The molecule has 6 saturated heterocycles. The number of rotatable bonds is 10. The number of cyclic esters (lactones) is 1. The van der Waals surface area contributed by atoms with Crippen LogP contribution in [0.2, 0.25) is 0 Å². The number of hydrogen-bond donors (Lipinski definition) is 2. The number of nitrogens with zero attached hydrogens (tertiary/aromatic N) is 7. The molecule has 4 aromatic rings. The molecule has 2 saturated carbocycles. The van der Waals surface area contributed by atoms with Gasteiger partial charge in [0.25, 0.3) is 5.91 Å². The van der Waals surface area contributed by atoms with Crippen molar-refractivity contribution in [3.63, 3.8) is 0 Å². The number of benzene rings is 1. The molecule has 1 aromatic carbocycles. The van der Waals surface area contributed by atoms with Crippen LogP contribution in [0.5, 0.6) is 0 Å². The number of carbonyl (C=O) groups is 2. The van der Waals surface area contributed by atoms with E-state index in [2.05, 4.69) is 89.0 Å². The number of hydrazine groups is 1. The van der Waals surface area contributed by atoms with Crippen LogP contribution in [0.15, 0.2) is 35.8 Å². The van der Waals surface area contributed by atoms with E-state index in [1.165, 1.54) is 12.8 Å². The predicted octanol–water partition coefficient (Wildman–Crippen LogP) is 6.11. The number of hydrogen-bond acceptors (Lipinski definition) is 15. The van der Waals surface area contributed by atoms with Crippen molar-refractivity contribution in [1.82, 2.24) is 34.8 Å². The summed E-state index contributed by atoms with van der Waals surface area (Å²) in [5.74, 6) is -0.370. The topological polar surface area (TPSA) is 162 Å². The predicted molar refractivity (Wildman–Crippen MR) is 272 cm³/mol. The molecule has 382 valence electrons. The first-order chi connectivity index (χ1) is 34.1. The molecule has 13 rings (SSSR count). The van der Waals surface area contributed by atoms with Gasteiger partial charge in [-0.3, -0.25) is 24.6 Å². The molecule has 16 nitrogen and oxygen atoms in total. The zero-order valence-corrected chi connectivity index (χ0v) is 43.4. The molecule has 2 spiro atoms. The molecule has 3 N–H and O–H groups in total. The number of esters is 1. The molecular weight excluding hydrogens is 919 g/mol. The number of nitrogens with one attached hydrogen (secondary N) is 1. The normalized spacial score (nSPS) is 30.1. The van der Waals surface area contributed by atoms with Gasteiger partial charge in [0.1, 0.15) is 16.6 Å². The summed E-state index contributed by atoms with van der Waals surface area (Å²) in [7, 11) is 1.75. The number of carbonyl (C=O) groups excluding carboxylic acids is 2. The first-order valence-corrected chi connectivity index (χ1v) is 27.2. The monoisotopic (exact) mass is 992 g/mol. The third-order valence-electron chi connectivity index (χ3n) is 17.1. The molecule has 1 amide bonds. The Bertz CT molecular complexity index is 2670. The summed E-state index contributed by atoms with van der Waals surface area (Å²) in [6, 6.07) is 8.46. The smallest absolute Gasteiger partial charge is 0.328 e. The molecule has 7 bridgehead atoms. The lowest BCUT2D eigenvalue weighted by Crippen LogP contribution is -2.75. The van der Waals surface area contributed by atoms with Crippen molar-refractivity contribution in [2.45, 2.75) is 128 Å². The Morgan fingerprint density at radius 3 is 2.49 bits per heavy atom. The minimum Gasteiger partial charge on any atom is -0.464 e. The zero-order chi connectivity index (χ0) is 49.0. The Morgan fingerprint density at radius 2 is 1.77 bits per heavy atom. The lowest BCUT2D eigenvalue weighted by atomic mass is 9.66. The molecule has 2 aliphatic carbocycles. The second kappa shape index (κ2) is 18.1. The van der Waals surface area contributed by atoms with Crippen molar-refractivity contribution in [2.24, 2.45) is 22.5 Å². The lowest BCUT2D eigenvalue weighted by Gasteiger charge is -2.58. The number of piperazine rings is 1. The van der Waals surface area contributed by atoms with Crippen LogP contribution in [-0.4, -0.2) is 157 Å². The highest BCUT2D eigenvalue weighted by atomic mass is 32.1. The second-order valence-corrected chi connectivity index (χ2v) is 24.7. The summed E-state index contributed by atoms with van der Waals surface area (Å²) in [5.41, 5.74) is 17.0. The molecule has 17 heteroatoms. The number of amides is 1. The summed E-state index contributed by atoms with van der Waals surface area (Å²) >= 11 is 1.56. The van der Waals surface area contributed by atoms with Crippen molar-refractivity contribution in [3.8, 4) is 22.5 Å². The minimum absolute atomic E-state index is 0.0919. The molecule has 8 fully saturated rings. The second-order valence-electron chi connectivity index (χ2n) is 23.8. The van der Waals surface area contributed by atoms with Gasteiger partial charge in [0.2, 0.25) is 0 Å². The van der Waals surface area contributed by atoms with Crippen LogP contribution in [0, 0.1) is 16.7 Å². The molecule has 10 heterocycles. The van der Waals surface area contributed by atoms with Gasteiger partial charge in [-0.05, 0) is 89.0 Å². The standard InChI is InChI=1S/C54H73N9O7S/c1-33(66-6)45-40(20-37(25-56-45)60-14-12-59(13-15-60)36-8-9-36)46-41-24-51(2,3)30-69-50(65)54-21-34(22-54)26-63(58-54)49(64)44(55)47(61-28-53(29-61)31-67-32-53)48-57-42(27-71-48)35-7-10-43(39(41)19-35)62(46)16-18-68-38-11-17-70-52(4,5)23-38/h7,10,19-20,25,27,33-34,36,38,44,47,58H,8-9,11-18,21-24,26,28-32,55H2,1-6H3/t33-,34?,38-,44-,47-,54?/m0/s1. The lowest BCUT2D eigenvalue weighted by molar-refractivity contribution is -0.202. The number of likely N-dealkylation sites (tertiary alicyclic amines) is 1. The van der Waals surface area contributed by atoms with Gasteiger partial charge >= 0.3 is 5.97 Å². The summed E-state index contributed by atoms with van der Waals surface area (Å²) < 4.78 is 33.5. The van der Waals surface area contributed by atoms with Crippen LogP contribution in [0.3, 0.4) is 0 Å². The van der Waals surface area contributed by atoms with Crippen molar-refractivity contribution in [2.75, 3.05) is 90.9 Å². The summed E-state index contributed by atoms with van der Waals surface area (Å²) in [6.45, 7) is 20.2. The van der Waals surface area contributed by atoms with E-state index < -0.39 is 23.0 Å². The number of thiazole rings is 1. The third-order valence-corrected chi connectivity index (χ3v) is 18.0. The van der Waals surface area contributed by atoms with Gasteiger partial charge in [-0.1, -0.05) is 19.9 Å². The maximum Gasteiger partial charge on any atom is 0.328 e. The Hall–Kier alpha value is -4.04. The van der Waals surface area contributed by atoms with Crippen molar-refractivity contribution in [1.29, 1.82) is 0 Å². The molecular formula is C54H73N9O7S. The van der Waals surface area contributed by atoms with Crippen LogP contribution in [-0.2, 0) is 46.2 Å². The van der Waals surface area contributed by atoms with E-state index in [9.17, 15) is 9.59 Å². The van der Waals surface area contributed by atoms with Crippen molar-refractivity contribution >= 4 is 39.8 Å². The fraction of sp³-hybridized carbons (Fsp3) is 0.667. The van der Waals surface area contributed by atoms with Crippen molar-refractivity contribution in [3.05, 3.63) is 52.1 Å². The number of aromatic nitrogens is 3. The highest BCUT2D eigenvalue weighted by molar-refractivity contribution is 7.10. The number of nitrogens with two attached hydrogens (primary N) is 1. The third kappa shape index (κ3) is 8.92. The zero-order valence-electron chi connectivity index (χ0n) is 42.5. The highest BCUT2D eigenvalue weighted by Crippen LogP contribution is 2.48. The maximum absolute atomic E-state index is 14.5. The number of anilines is 1. The number of pyridine rings is 1. The van der Waals surface area contributed by atoms with Crippen molar-refractivity contribution < 1.29 is 33.3 Å². The van der Waals surface area contributed by atoms with Gasteiger partial charge in [-0.2, -0.15) is 0 Å². The first-order valence-electron chi connectivity index (χ1n) is 26.3. The van der Waals surface area contributed by atoms with Gasteiger partial charge in [-0.15, -0.1) is 11.3 Å². The van der Waals surface area contributed by atoms with Crippen LogP contribution in [0.1, 0.15) is 102 Å². The Labute approximate surface area is 421 Å². The maximum atomic E-state index is 14.5. The molecule has 7 aliphatic heterocycles. The fourth-order valence-electron chi connectivity index (χ4n) is 13.0. The highest BCUT2D eigenvalue weighted by Gasteiger charge is 2.59. The van der Waals surface area contributed by atoms with Gasteiger partial charge < -0.3 is 38.9 Å². The van der Waals surface area contributed by atoms with E-state index in [0.717, 1.165) is 114 Å². The van der Waals surface area contributed by atoms with E-state index in [4.69, 9.17) is 39.4 Å². The molecule has 0 unspecified atom stereocenters. The quantitative estimate of drug-likeness (QED) is 0.175. The van der Waals surface area contributed by atoms with Crippen LogP contribution < -0.4 is 16.1 Å². The SMILES string of the molecule is CO[C@@H](C)c1ncc(N2CCN(C3CC3)CC2)cc1-c1c2c3cc(ccc3n1CCO[C@H]1CCOC(C)(C)C1)-c1csc(n1)[C@@H](N1CC3(COC3)C1)[C@H](N)C(=O)N1CC3CC(C3)(N1)C(=O)OCC(C)(C)C2. The van der Waals surface area contributed by atoms with Crippen LogP contribution >= 0.6 is 11.3 Å². The molecule has 9 aliphatic rings. The molecule has 0 radical (unpaired) electrons. The fourth-order valence-corrected chi connectivity index (χ4v) is 14.0. The first kappa shape index (κ1) is 47.9. The largest absolute Gasteiger partial charge is 0.464 e. The molecule has 3 aromatic heterocycles. The average Bonchev–Trinajstić information content (AvgIpc) is 3.99. The van der Waals surface area contributed by atoms with E-state index in [-0.39, 0.29) is 47.6 Å². The van der Waals surface area contributed by atoms with E-state index >= 15 is 0 Å². The Morgan fingerprint density at radius 1 is 0.986 bits per heavy atom. The number of fused-ring (bicyclic) bond motifs is 4. The van der Waals surface area contributed by atoms with E-state index in [0.29, 0.717) is 58.8 Å². The number of ether oxygens (including phenoxy) is 5. The molecule has 71 heavy (non-hydrogen) atoms. The van der Waals surface area contributed by atoms with Crippen LogP contribution in [0.25, 0.3) is 33.4 Å².